The Kier molecular flexibility index (Phi) is 5.75. The van der Waals surface area contributed by atoms with Crippen molar-refractivity contribution >= 4 is 5.97 Å². The molecular weight excluding hydrogens is 244 g/mol. The van der Waals surface area contributed by atoms with E-state index in [4.69, 9.17) is 10.4 Å². The molecular formula is C11H16NO2Zn. The molecule has 1 rings (SSSR count). The van der Waals surface area contributed by atoms with Crippen LogP contribution in [-0.4, -0.2) is 11.1 Å². The normalized spacial score (nSPS) is 19.7. The SMILES string of the molecule is CC(C)(C)C(=O)O.N#CC1=CCC[CH]1[Zn]. The van der Waals surface area contributed by atoms with Crippen molar-refractivity contribution < 1.29 is 28.2 Å². The molecule has 1 aliphatic carbocycles. The van der Waals surface area contributed by atoms with Crippen molar-refractivity contribution in [2.75, 3.05) is 0 Å². The molecule has 0 aromatic carbocycles. The summed E-state index contributed by atoms with van der Waals surface area (Å²) < 4.78 is 0.653. The molecule has 0 aromatic rings. The molecule has 1 unspecified atom stereocenters. The zero-order valence-corrected chi connectivity index (χ0v) is 12.5. The van der Waals surface area contributed by atoms with E-state index in [1.54, 1.807) is 20.8 Å². The first-order valence-electron chi connectivity index (χ1n) is 4.95. The summed E-state index contributed by atoms with van der Waals surface area (Å²) >= 11 is 1.25. The summed E-state index contributed by atoms with van der Waals surface area (Å²) in [6.45, 7) is 4.99. The van der Waals surface area contributed by atoms with Crippen LogP contribution in [0.25, 0.3) is 0 Å². The number of carboxylic acids is 1. The standard InChI is InChI=1S/C6H6N.C5H10O2.Zn/c7-5-6-3-1-2-4-6;1-5(2,3)4(6)7;/h3-4H,1-2H2;1-3H3,(H,6,7);. The number of rotatable bonds is 0. The van der Waals surface area contributed by atoms with Crippen LogP contribution >= 0.6 is 0 Å². The van der Waals surface area contributed by atoms with E-state index in [-0.39, 0.29) is 0 Å². The van der Waals surface area contributed by atoms with E-state index in [1.807, 2.05) is 0 Å². The third-order valence-corrected chi connectivity index (χ3v) is 3.87. The average molecular weight is 260 g/mol. The van der Waals surface area contributed by atoms with Crippen molar-refractivity contribution in [2.45, 2.75) is 38.1 Å². The molecule has 79 valence electrons. The molecule has 0 amide bonds. The van der Waals surface area contributed by atoms with Gasteiger partial charge in [-0.1, -0.05) is 0 Å². The van der Waals surface area contributed by atoms with E-state index in [2.05, 4.69) is 12.1 Å². The van der Waals surface area contributed by atoms with Crippen molar-refractivity contribution in [3.05, 3.63) is 11.6 Å². The van der Waals surface area contributed by atoms with Crippen LogP contribution in [-0.2, 0) is 23.1 Å². The zero-order valence-electron chi connectivity index (χ0n) is 9.58. The number of hydrogen-bond acceptors (Lipinski definition) is 2. The van der Waals surface area contributed by atoms with Gasteiger partial charge in [-0.2, -0.15) is 0 Å². The molecule has 0 bridgehead atoms. The zero-order chi connectivity index (χ0) is 12.1. The number of aliphatic carboxylic acids is 1. The van der Waals surface area contributed by atoms with Gasteiger partial charge in [-0.15, -0.1) is 0 Å². The van der Waals surface area contributed by atoms with Gasteiger partial charge in [0.25, 0.3) is 0 Å². The Morgan fingerprint density at radius 2 is 2.13 bits per heavy atom. The summed E-state index contributed by atoms with van der Waals surface area (Å²) in [6, 6.07) is 2.21. The molecule has 0 radical (unpaired) electrons. The van der Waals surface area contributed by atoms with Gasteiger partial charge in [0.1, 0.15) is 0 Å². The summed E-state index contributed by atoms with van der Waals surface area (Å²) in [5.74, 6) is -0.757. The van der Waals surface area contributed by atoms with Gasteiger partial charge in [0.2, 0.25) is 0 Å². The Labute approximate surface area is 101 Å². The Morgan fingerprint density at radius 3 is 2.27 bits per heavy atom. The summed E-state index contributed by atoms with van der Waals surface area (Å²) in [6.07, 6.45) is 4.42. The third-order valence-electron chi connectivity index (χ3n) is 2.09. The molecule has 1 aliphatic rings. The second-order valence-electron chi connectivity index (χ2n) is 4.60. The van der Waals surface area contributed by atoms with Gasteiger partial charge in [-0.05, 0) is 20.8 Å². The topological polar surface area (TPSA) is 61.1 Å². The van der Waals surface area contributed by atoms with Crippen LogP contribution in [0.1, 0.15) is 33.6 Å². The fraction of sp³-hybridized carbons (Fsp3) is 0.636. The predicted octanol–water partition coefficient (Wildman–Crippen LogP) is 2.68. The molecule has 4 heteroatoms. The van der Waals surface area contributed by atoms with E-state index in [0.29, 0.717) is 4.51 Å². The van der Waals surface area contributed by atoms with Gasteiger partial charge >= 0.3 is 64.6 Å². The van der Waals surface area contributed by atoms with Gasteiger partial charge in [0.05, 0.1) is 5.41 Å². The molecule has 0 aliphatic heterocycles. The van der Waals surface area contributed by atoms with Gasteiger partial charge in [-0.3, -0.25) is 4.79 Å². The Hall–Kier alpha value is -0.677. The van der Waals surface area contributed by atoms with Crippen LogP contribution in [0, 0.1) is 16.7 Å². The average Bonchev–Trinajstić information content (AvgIpc) is 2.50. The van der Waals surface area contributed by atoms with Crippen molar-refractivity contribution in [1.29, 1.82) is 5.26 Å². The first-order chi connectivity index (χ1) is 6.79. The van der Waals surface area contributed by atoms with E-state index < -0.39 is 11.4 Å². The number of carbonyl (C=O) groups is 1. The Balaban J connectivity index is 0.000000265. The molecule has 1 N–H and O–H groups in total. The minimum absolute atomic E-state index is 0.583. The molecule has 0 saturated carbocycles. The van der Waals surface area contributed by atoms with Crippen LogP contribution < -0.4 is 0 Å². The summed E-state index contributed by atoms with van der Waals surface area (Å²) in [5, 5.41) is 16.7. The predicted molar refractivity (Wildman–Crippen MR) is 53.8 cm³/mol. The number of hydrogen-bond donors (Lipinski definition) is 1. The summed E-state index contributed by atoms with van der Waals surface area (Å²) in [7, 11) is 0. The summed E-state index contributed by atoms with van der Waals surface area (Å²) in [4.78, 5) is 10.0. The van der Waals surface area contributed by atoms with Crippen molar-refractivity contribution in [1.82, 2.24) is 0 Å². The van der Waals surface area contributed by atoms with E-state index in [0.717, 1.165) is 12.0 Å². The Morgan fingerprint density at radius 1 is 1.67 bits per heavy atom. The fourth-order valence-electron chi connectivity index (χ4n) is 0.899. The van der Waals surface area contributed by atoms with Gasteiger partial charge < -0.3 is 5.11 Å². The molecule has 15 heavy (non-hydrogen) atoms. The Bertz CT molecular complexity index is 297. The molecule has 0 spiro atoms. The van der Waals surface area contributed by atoms with Crippen LogP contribution in [0.3, 0.4) is 0 Å². The number of allylic oxidation sites excluding steroid dienone is 2. The first-order valence-corrected chi connectivity index (χ1v) is 6.67. The van der Waals surface area contributed by atoms with Gasteiger partial charge in [0.15, 0.2) is 0 Å². The van der Waals surface area contributed by atoms with Gasteiger partial charge in [-0.25, -0.2) is 0 Å². The number of nitrogens with zero attached hydrogens (tertiary/aromatic N) is 1. The third kappa shape index (κ3) is 5.69. The fourth-order valence-corrected chi connectivity index (χ4v) is 1.93. The molecule has 0 aromatic heterocycles. The second kappa shape index (κ2) is 6.03. The van der Waals surface area contributed by atoms with Crippen molar-refractivity contribution in [2.24, 2.45) is 5.41 Å². The first kappa shape index (κ1) is 14.3. The molecule has 0 saturated heterocycles. The van der Waals surface area contributed by atoms with Crippen LogP contribution in [0.15, 0.2) is 11.6 Å². The number of carboxylic acid groups (broad SMARTS) is 1. The van der Waals surface area contributed by atoms with E-state index in [9.17, 15) is 4.79 Å². The molecule has 3 nitrogen and oxygen atoms in total. The van der Waals surface area contributed by atoms with Crippen molar-refractivity contribution in [3.63, 3.8) is 0 Å². The van der Waals surface area contributed by atoms with Gasteiger partial charge in [0, 0.05) is 0 Å². The summed E-state index contributed by atoms with van der Waals surface area (Å²) in [5.41, 5.74) is 0.449. The second-order valence-corrected chi connectivity index (χ2v) is 6.67. The minimum atomic E-state index is -0.757. The van der Waals surface area contributed by atoms with Crippen molar-refractivity contribution in [3.8, 4) is 6.07 Å². The number of nitriles is 1. The molecule has 0 heterocycles. The van der Waals surface area contributed by atoms with E-state index >= 15 is 0 Å². The molecule has 1 atom stereocenters. The maximum atomic E-state index is 10.0. The molecule has 0 fully saturated rings. The quantitative estimate of drug-likeness (QED) is 0.681. The van der Waals surface area contributed by atoms with Crippen LogP contribution in [0.2, 0.25) is 4.51 Å². The van der Waals surface area contributed by atoms with E-state index in [1.165, 1.54) is 24.7 Å². The van der Waals surface area contributed by atoms with Crippen LogP contribution in [0.5, 0.6) is 0 Å². The maximum absolute atomic E-state index is 10.0. The monoisotopic (exact) mass is 258 g/mol. The van der Waals surface area contributed by atoms with Crippen LogP contribution in [0.4, 0.5) is 0 Å².